The lowest BCUT2D eigenvalue weighted by Crippen LogP contribution is -2.33. The van der Waals surface area contributed by atoms with E-state index in [-0.39, 0.29) is 5.84 Å². The van der Waals surface area contributed by atoms with Crippen molar-refractivity contribution in [3.8, 4) is 0 Å². The predicted molar refractivity (Wildman–Crippen MR) is 79.4 cm³/mol. The highest BCUT2D eigenvalue weighted by molar-refractivity contribution is 9.10. The zero-order chi connectivity index (χ0) is 13.9. The van der Waals surface area contributed by atoms with Gasteiger partial charge < -0.3 is 15.8 Å². The first kappa shape index (κ1) is 14.8. The molecule has 100 valence electrons. The summed E-state index contributed by atoms with van der Waals surface area (Å²) in [6.07, 6.45) is 0. The van der Waals surface area contributed by atoms with E-state index in [1.54, 1.807) is 0 Å². The van der Waals surface area contributed by atoms with E-state index in [1.807, 2.05) is 18.2 Å². The molecule has 0 amide bonds. The molecule has 1 aromatic carbocycles. The highest BCUT2D eigenvalue weighted by atomic mass is 79.9. The van der Waals surface area contributed by atoms with Gasteiger partial charge in [-0.05, 0) is 47.0 Å². The van der Waals surface area contributed by atoms with Crippen LogP contribution in [-0.2, 0) is 0 Å². The second kappa shape index (κ2) is 6.09. The van der Waals surface area contributed by atoms with E-state index < -0.39 is 0 Å². The maximum absolute atomic E-state index is 8.66. The lowest BCUT2D eigenvalue weighted by Gasteiger charge is -2.31. The van der Waals surface area contributed by atoms with Gasteiger partial charge >= 0.3 is 0 Å². The molecular weight excluding hydrogens is 294 g/mol. The van der Waals surface area contributed by atoms with Crippen molar-refractivity contribution in [3.63, 3.8) is 0 Å². The minimum atomic E-state index is 0.113. The third kappa shape index (κ3) is 3.16. The summed E-state index contributed by atoms with van der Waals surface area (Å²) in [5, 5.41) is 11.7. The summed E-state index contributed by atoms with van der Waals surface area (Å²) >= 11 is 3.53. The van der Waals surface area contributed by atoms with Crippen LogP contribution in [0.1, 0.15) is 26.3 Å². The first-order valence-electron chi connectivity index (χ1n) is 5.88. The Labute approximate surface area is 117 Å². The fourth-order valence-corrected chi connectivity index (χ4v) is 2.34. The number of oxime groups is 1. The fourth-order valence-electron chi connectivity index (χ4n) is 1.68. The molecule has 1 aromatic rings. The van der Waals surface area contributed by atoms with Crippen LogP contribution in [0.2, 0.25) is 0 Å². The molecule has 4 nitrogen and oxygen atoms in total. The number of anilines is 1. The van der Waals surface area contributed by atoms with Gasteiger partial charge in [-0.2, -0.15) is 0 Å². The number of rotatable bonds is 4. The third-order valence-electron chi connectivity index (χ3n) is 3.31. The second-order valence-electron chi connectivity index (χ2n) is 4.75. The highest BCUT2D eigenvalue weighted by Gasteiger charge is 2.16. The zero-order valence-electron chi connectivity index (χ0n) is 11.2. The second-order valence-corrected chi connectivity index (χ2v) is 5.60. The Kier molecular flexibility index (Phi) is 5.02. The van der Waals surface area contributed by atoms with Crippen molar-refractivity contribution < 1.29 is 5.21 Å². The average Bonchev–Trinajstić information content (AvgIpc) is 2.35. The van der Waals surface area contributed by atoms with Crippen molar-refractivity contribution in [3.05, 3.63) is 28.2 Å². The molecule has 1 unspecified atom stereocenters. The van der Waals surface area contributed by atoms with Crippen LogP contribution in [0, 0.1) is 5.92 Å². The Morgan fingerprint density at radius 2 is 2.00 bits per heavy atom. The Balaban J connectivity index is 3.06. The van der Waals surface area contributed by atoms with Crippen molar-refractivity contribution in [2.75, 3.05) is 11.9 Å². The van der Waals surface area contributed by atoms with E-state index in [4.69, 9.17) is 10.9 Å². The summed E-state index contributed by atoms with van der Waals surface area (Å²) < 4.78 is 0.932. The number of halogens is 1. The first-order chi connectivity index (χ1) is 8.38. The normalized spacial score (nSPS) is 13.8. The highest BCUT2D eigenvalue weighted by Crippen LogP contribution is 2.29. The topological polar surface area (TPSA) is 61.8 Å². The molecule has 0 spiro atoms. The van der Waals surface area contributed by atoms with Crippen molar-refractivity contribution in [1.29, 1.82) is 0 Å². The Morgan fingerprint density at radius 3 is 2.44 bits per heavy atom. The molecule has 0 aliphatic rings. The lowest BCUT2D eigenvalue weighted by atomic mass is 10.0. The minimum absolute atomic E-state index is 0.113. The van der Waals surface area contributed by atoms with Crippen LogP contribution in [0.4, 0.5) is 5.69 Å². The maximum atomic E-state index is 8.66. The standard InChI is InChI=1S/C13H20BrN3O/c1-8(2)9(3)17(4)12-6-5-10(7-11(12)14)13(15)16-18/h5-9,18H,1-4H3,(H2,15,16). The van der Waals surface area contributed by atoms with Gasteiger partial charge in [-0.25, -0.2) is 0 Å². The lowest BCUT2D eigenvalue weighted by molar-refractivity contribution is 0.318. The SMILES string of the molecule is CC(C)C(C)N(C)c1ccc(/C(N)=N/O)cc1Br. The average molecular weight is 314 g/mol. The molecule has 0 aliphatic carbocycles. The zero-order valence-corrected chi connectivity index (χ0v) is 12.8. The molecule has 1 atom stereocenters. The molecule has 0 radical (unpaired) electrons. The van der Waals surface area contributed by atoms with E-state index in [2.05, 4.69) is 53.8 Å². The van der Waals surface area contributed by atoms with Gasteiger partial charge in [0.15, 0.2) is 5.84 Å². The number of hydrogen-bond donors (Lipinski definition) is 2. The van der Waals surface area contributed by atoms with Crippen molar-refractivity contribution >= 4 is 27.5 Å². The van der Waals surface area contributed by atoms with Gasteiger partial charge in [-0.1, -0.05) is 19.0 Å². The van der Waals surface area contributed by atoms with Crippen LogP contribution in [-0.4, -0.2) is 24.1 Å². The molecule has 18 heavy (non-hydrogen) atoms. The van der Waals surface area contributed by atoms with Gasteiger partial charge in [0.05, 0.1) is 5.69 Å². The number of nitrogens with two attached hydrogens (primary N) is 1. The Hall–Kier alpha value is -1.23. The minimum Gasteiger partial charge on any atom is -0.409 e. The summed E-state index contributed by atoms with van der Waals surface area (Å²) in [5.41, 5.74) is 7.34. The van der Waals surface area contributed by atoms with Gasteiger partial charge in [0.1, 0.15) is 0 Å². The number of nitrogens with zero attached hydrogens (tertiary/aromatic N) is 2. The molecule has 0 saturated heterocycles. The van der Waals surface area contributed by atoms with Gasteiger partial charge in [-0.3, -0.25) is 0 Å². The summed E-state index contributed by atoms with van der Waals surface area (Å²) in [5.74, 6) is 0.674. The Morgan fingerprint density at radius 1 is 1.39 bits per heavy atom. The third-order valence-corrected chi connectivity index (χ3v) is 3.94. The fraction of sp³-hybridized carbons (Fsp3) is 0.462. The van der Waals surface area contributed by atoms with E-state index in [9.17, 15) is 0 Å². The number of benzene rings is 1. The van der Waals surface area contributed by atoms with Gasteiger partial charge in [-0.15, -0.1) is 0 Å². The van der Waals surface area contributed by atoms with Crippen LogP contribution in [0.3, 0.4) is 0 Å². The first-order valence-corrected chi connectivity index (χ1v) is 6.68. The monoisotopic (exact) mass is 313 g/mol. The summed E-state index contributed by atoms with van der Waals surface area (Å²) in [6.45, 7) is 6.58. The molecule has 0 fully saturated rings. The van der Waals surface area contributed by atoms with Crippen molar-refractivity contribution in [2.45, 2.75) is 26.8 Å². The van der Waals surface area contributed by atoms with Gasteiger partial charge in [0.2, 0.25) is 0 Å². The molecule has 0 heterocycles. The van der Waals surface area contributed by atoms with Crippen LogP contribution in [0.15, 0.2) is 27.8 Å². The molecule has 0 saturated carbocycles. The summed E-state index contributed by atoms with van der Waals surface area (Å²) in [4.78, 5) is 2.21. The summed E-state index contributed by atoms with van der Waals surface area (Å²) in [7, 11) is 2.06. The molecule has 0 aromatic heterocycles. The van der Waals surface area contributed by atoms with Crippen molar-refractivity contribution in [2.24, 2.45) is 16.8 Å². The molecule has 0 bridgehead atoms. The van der Waals surface area contributed by atoms with Gasteiger partial charge in [0, 0.05) is 23.1 Å². The molecule has 1 rings (SSSR count). The maximum Gasteiger partial charge on any atom is 0.170 e. The van der Waals surface area contributed by atoms with Crippen LogP contribution >= 0.6 is 15.9 Å². The van der Waals surface area contributed by atoms with E-state index in [1.165, 1.54) is 0 Å². The van der Waals surface area contributed by atoms with Crippen molar-refractivity contribution in [1.82, 2.24) is 0 Å². The van der Waals surface area contributed by atoms with Crippen LogP contribution < -0.4 is 10.6 Å². The molecule has 0 aliphatic heterocycles. The quantitative estimate of drug-likeness (QED) is 0.389. The van der Waals surface area contributed by atoms with E-state index in [0.717, 1.165) is 10.2 Å². The Bertz CT molecular complexity index is 446. The molecule has 3 N–H and O–H groups in total. The number of hydrogen-bond acceptors (Lipinski definition) is 3. The van der Waals surface area contributed by atoms with Crippen LogP contribution in [0.25, 0.3) is 0 Å². The van der Waals surface area contributed by atoms with Crippen LogP contribution in [0.5, 0.6) is 0 Å². The largest absolute Gasteiger partial charge is 0.409 e. The van der Waals surface area contributed by atoms with E-state index in [0.29, 0.717) is 17.5 Å². The van der Waals surface area contributed by atoms with Gasteiger partial charge in [0.25, 0.3) is 0 Å². The number of amidine groups is 1. The molecular formula is C13H20BrN3O. The smallest absolute Gasteiger partial charge is 0.170 e. The summed E-state index contributed by atoms with van der Waals surface area (Å²) in [6, 6.07) is 6.10. The molecule has 5 heteroatoms. The van der Waals surface area contributed by atoms with E-state index >= 15 is 0 Å². The predicted octanol–water partition coefficient (Wildman–Crippen LogP) is 3.02.